The van der Waals surface area contributed by atoms with E-state index in [1.807, 2.05) is 36.4 Å². The molecule has 1 saturated heterocycles. The SMILES string of the molecule is CN(C)C(=O)COc1cccc2c1C/C(=C/CCN1CCC(c3ccc(Cl)cc3)CC1)c1cccnc1O2. The maximum atomic E-state index is 12.1. The van der Waals surface area contributed by atoms with Crippen LogP contribution in [0.3, 0.4) is 0 Å². The number of benzene rings is 2. The average Bonchev–Trinajstić information content (AvgIpc) is 3.09. The fourth-order valence-corrected chi connectivity index (χ4v) is 5.28. The normalized spacial score (nSPS) is 16.8. The van der Waals surface area contributed by atoms with Crippen molar-refractivity contribution in [1.82, 2.24) is 14.8 Å². The number of likely N-dealkylation sites (tertiary alicyclic amines) is 1. The number of amides is 1. The lowest BCUT2D eigenvalue weighted by Crippen LogP contribution is -2.33. The average molecular weight is 532 g/mol. The Hall–Kier alpha value is -3.35. The zero-order chi connectivity index (χ0) is 26.5. The molecule has 1 fully saturated rings. The molecule has 3 heterocycles. The Morgan fingerprint density at radius 1 is 1.13 bits per heavy atom. The summed E-state index contributed by atoms with van der Waals surface area (Å²) in [5.74, 6) is 2.50. The van der Waals surface area contributed by atoms with Crippen LogP contribution in [-0.4, -0.2) is 61.0 Å². The van der Waals surface area contributed by atoms with Gasteiger partial charge in [-0.1, -0.05) is 35.9 Å². The molecule has 5 rings (SSSR count). The summed E-state index contributed by atoms with van der Waals surface area (Å²) in [7, 11) is 3.45. The molecule has 0 spiro atoms. The van der Waals surface area contributed by atoms with E-state index in [1.165, 1.54) is 23.3 Å². The summed E-state index contributed by atoms with van der Waals surface area (Å²) in [6, 6.07) is 18.0. The molecule has 0 unspecified atom stereocenters. The molecule has 2 aliphatic rings. The first-order valence-corrected chi connectivity index (χ1v) is 13.6. The number of allylic oxidation sites excluding steroid dienone is 1. The molecule has 1 amide bonds. The van der Waals surface area contributed by atoms with Crippen molar-refractivity contribution in [2.75, 3.05) is 40.3 Å². The number of rotatable bonds is 7. The molecule has 6 nitrogen and oxygen atoms in total. The van der Waals surface area contributed by atoms with Crippen LogP contribution in [0.1, 0.15) is 41.9 Å². The van der Waals surface area contributed by atoms with Crippen molar-refractivity contribution in [2.24, 2.45) is 0 Å². The number of fused-ring (bicyclic) bond motifs is 2. The number of carbonyl (C=O) groups excluding carboxylic acids is 1. The second-order valence-electron chi connectivity index (χ2n) is 10.1. The second-order valence-corrected chi connectivity index (χ2v) is 10.6. The third-order valence-electron chi connectivity index (χ3n) is 7.40. The Morgan fingerprint density at radius 3 is 2.68 bits per heavy atom. The molecule has 2 aromatic carbocycles. The zero-order valence-electron chi connectivity index (χ0n) is 22.0. The highest BCUT2D eigenvalue weighted by molar-refractivity contribution is 6.30. The lowest BCUT2D eigenvalue weighted by Gasteiger charge is -2.32. The van der Waals surface area contributed by atoms with E-state index in [9.17, 15) is 4.79 Å². The first kappa shape index (κ1) is 26.3. The monoisotopic (exact) mass is 531 g/mol. The first-order chi connectivity index (χ1) is 18.5. The molecule has 0 saturated carbocycles. The van der Waals surface area contributed by atoms with Gasteiger partial charge in [-0.2, -0.15) is 0 Å². The van der Waals surface area contributed by atoms with Gasteiger partial charge in [-0.25, -0.2) is 4.98 Å². The van der Waals surface area contributed by atoms with Crippen LogP contribution in [0.15, 0.2) is 66.9 Å². The highest BCUT2D eigenvalue weighted by Gasteiger charge is 2.24. The zero-order valence-corrected chi connectivity index (χ0v) is 22.8. The number of hydrogen-bond donors (Lipinski definition) is 0. The van der Waals surface area contributed by atoms with Crippen molar-refractivity contribution < 1.29 is 14.3 Å². The summed E-state index contributed by atoms with van der Waals surface area (Å²) in [6.07, 6.45) is 7.98. The van der Waals surface area contributed by atoms with Crippen molar-refractivity contribution in [3.8, 4) is 17.4 Å². The van der Waals surface area contributed by atoms with Crippen molar-refractivity contribution >= 4 is 23.1 Å². The molecule has 198 valence electrons. The van der Waals surface area contributed by atoms with E-state index in [0.29, 0.717) is 29.7 Å². The highest BCUT2D eigenvalue weighted by Crippen LogP contribution is 2.41. The lowest BCUT2D eigenvalue weighted by molar-refractivity contribution is -0.130. The predicted molar refractivity (Wildman–Crippen MR) is 151 cm³/mol. The maximum absolute atomic E-state index is 12.1. The summed E-state index contributed by atoms with van der Waals surface area (Å²) in [6.45, 7) is 3.19. The van der Waals surface area contributed by atoms with Gasteiger partial charge in [0.1, 0.15) is 11.5 Å². The van der Waals surface area contributed by atoms with Gasteiger partial charge in [0.2, 0.25) is 5.88 Å². The van der Waals surface area contributed by atoms with Crippen LogP contribution in [0, 0.1) is 0 Å². The largest absolute Gasteiger partial charge is 0.483 e. The van der Waals surface area contributed by atoms with E-state index < -0.39 is 0 Å². The van der Waals surface area contributed by atoms with Gasteiger partial charge in [0, 0.05) is 49.4 Å². The summed E-state index contributed by atoms with van der Waals surface area (Å²) in [5.41, 5.74) is 4.49. The smallest absolute Gasteiger partial charge is 0.259 e. The molecule has 7 heteroatoms. The summed E-state index contributed by atoms with van der Waals surface area (Å²) in [5, 5.41) is 0.795. The number of carbonyl (C=O) groups is 1. The lowest BCUT2D eigenvalue weighted by atomic mass is 9.89. The number of nitrogens with zero attached hydrogens (tertiary/aromatic N) is 3. The van der Waals surface area contributed by atoms with Gasteiger partial charge < -0.3 is 19.3 Å². The standard InChI is InChI=1S/C31H34ClN3O3/c1-34(2)30(36)21-37-28-8-3-9-29-27(28)20-24(26-7-4-16-33-31(26)38-29)6-5-17-35-18-14-23(15-19-35)22-10-12-25(32)13-11-22/h3-4,6-13,16,23H,5,14-15,17-21H2,1-2H3/b24-6-. The quantitative estimate of drug-likeness (QED) is 0.363. The minimum absolute atomic E-state index is 0.0142. The Kier molecular flexibility index (Phi) is 8.30. The molecule has 0 bridgehead atoms. The molecule has 1 aromatic heterocycles. The number of halogens is 1. The minimum atomic E-state index is -0.0855. The molecule has 3 aromatic rings. The molecule has 0 radical (unpaired) electrons. The van der Waals surface area contributed by atoms with Crippen molar-refractivity contribution in [2.45, 2.75) is 31.6 Å². The van der Waals surface area contributed by atoms with E-state index in [2.05, 4.69) is 34.2 Å². The van der Waals surface area contributed by atoms with Crippen LogP contribution in [0.2, 0.25) is 5.02 Å². The fraction of sp³-hybridized carbons (Fsp3) is 0.355. The van der Waals surface area contributed by atoms with Crippen LogP contribution >= 0.6 is 11.6 Å². The molecule has 38 heavy (non-hydrogen) atoms. The Morgan fingerprint density at radius 2 is 1.92 bits per heavy atom. The summed E-state index contributed by atoms with van der Waals surface area (Å²) < 4.78 is 12.2. The van der Waals surface area contributed by atoms with Crippen molar-refractivity contribution in [3.05, 3.63) is 88.6 Å². The Bertz CT molecular complexity index is 1300. The maximum Gasteiger partial charge on any atom is 0.259 e. The Balaban J connectivity index is 1.27. The molecular formula is C31H34ClN3O3. The molecule has 2 aliphatic heterocycles. The minimum Gasteiger partial charge on any atom is -0.483 e. The number of hydrogen-bond acceptors (Lipinski definition) is 5. The van der Waals surface area contributed by atoms with Crippen molar-refractivity contribution in [3.63, 3.8) is 0 Å². The molecule has 0 N–H and O–H groups in total. The molecular weight excluding hydrogens is 498 g/mol. The highest BCUT2D eigenvalue weighted by atomic mass is 35.5. The van der Waals surface area contributed by atoms with Gasteiger partial charge in [-0.05, 0) is 85.8 Å². The third kappa shape index (κ3) is 6.20. The van der Waals surface area contributed by atoms with Gasteiger partial charge in [-0.15, -0.1) is 0 Å². The van der Waals surface area contributed by atoms with Gasteiger partial charge in [-0.3, -0.25) is 4.79 Å². The predicted octanol–water partition coefficient (Wildman–Crippen LogP) is 6.20. The van der Waals surface area contributed by atoms with Gasteiger partial charge in [0.05, 0.1) is 0 Å². The van der Waals surface area contributed by atoms with E-state index in [4.69, 9.17) is 21.1 Å². The van der Waals surface area contributed by atoms with Gasteiger partial charge in [0.25, 0.3) is 5.91 Å². The molecule has 0 aliphatic carbocycles. The number of ether oxygens (including phenoxy) is 2. The number of pyridine rings is 1. The summed E-state index contributed by atoms with van der Waals surface area (Å²) >= 11 is 6.07. The Labute approximate surface area is 229 Å². The second kappa shape index (κ2) is 12.0. The van der Waals surface area contributed by atoms with Crippen LogP contribution in [0.25, 0.3) is 5.57 Å². The van der Waals surface area contributed by atoms with Crippen LogP contribution in [-0.2, 0) is 11.2 Å². The fourth-order valence-electron chi connectivity index (χ4n) is 5.15. The van der Waals surface area contributed by atoms with E-state index in [-0.39, 0.29) is 12.5 Å². The topological polar surface area (TPSA) is 54.9 Å². The van der Waals surface area contributed by atoms with E-state index in [0.717, 1.165) is 47.8 Å². The van der Waals surface area contributed by atoms with Gasteiger partial charge >= 0.3 is 0 Å². The molecule has 0 atom stereocenters. The number of likely N-dealkylation sites (N-methyl/N-ethyl adjacent to an activating group) is 1. The van der Waals surface area contributed by atoms with Crippen molar-refractivity contribution in [1.29, 1.82) is 0 Å². The van der Waals surface area contributed by atoms with Gasteiger partial charge in [0.15, 0.2) is 6.61 Å². The third-order valence-corrected chi connectivity index (χ3v) is 7.65. The van der Waals surface area contributed by atoms with Crippen LogP contribution < -0.4 is 9.47 Å². The summed E-state index contributed by atoms with van der Waals surface area (Å²) in [4.78, 5) is 20.7. The number of piperidine rings is 1. The van der Waals surface area contributed by atoms with E-state index >= 15 is 0 Å². The van der Waals surface area contributed by atoms with Crippen LogP contribution in [0.5, 0.6) is 17.4 Å². The van der Waals surface area contributed by atoms with E-state index in [1.54, 1.807) is 20.3 Å². The van der Waals surface area contributed by atoms with Crippen LogP contribution in [0.4, 0.5) is 0 Å². The number of aromatic nitrogens is 1. The first-order valence-electron chi connectivity index (χ1n) is 13.2.